The van der Waals surface area contributed by atoms with Crippen LogP contribution in [0.2, 0.25) is 0 Å². The molecule has 0 atom stereocenters. The highest BCUT2D eigenvalue weighted by Gasteiger charge is 2.19. The Morgan fingerprint density at radius 2 is 2.05 bits per heavy atom. The van der Waals surface area contributed by atoms with E-state index in [0.717, 1.165) is 50.5 Å². The van der Waals surface area contributed by atoms with Crippen molar-refractivity contribution in [3.8, 4) is 0 Å². The summed E-state index contributed by atoms with van der Waals surface area (Å²) in [5.74, 6) is 1.07. The van der Waals surface area contributed by atoms with Gasteiger partial charge < -0.3 is 10.0 Å². The van der Waals surface area contributed by atoms with E-state index in [-0.39, 0.29) is 6.61 Å². The normalized spacial score (nSPS) is 17.2. The van der Waals surface area contributed by atoms with Crippen molar-refractivity contribution in [3.63, 3.8) is 0 Å². The van der Waals surface area contributed by atoms with Crippen LogP contribution in [0.5, 0.6) is 0 Å². The van der Waals surface area contributed by atoms with Crippen LogP contribution in [0.3, 0.4) is 0 Å². The lowest BCUT2D eigenvalue weighted by atomic mass is 10.3. The number of thiophene rings is 1. The summed E-state index contributed by atoms with van der Waals surface area (Å²) in [6, 6.07) is 2.04. The number of piperazine rings is 1. The maximum atomic E-state index is 8.87. The van der Waals surface area contributed by atoms with E-state index < -0.39 is 0 Å². The molecule has 2 aromatic heterocycles. The minimum absolute atomic E-state index is 0.280. The quantitative estimate of drug-likeness (QED) is 0.910. The van der Waals surface area contributed by atoms with Crippen LogP contribution in [0, 0.1) is 0 Å². The molecule has 0 spiro atoms. The number of anilines is 1. The second-order valence-electron chi connectivity index (χ2n) is 4.74. The molecule has 1 saturated heterocycles. The smallest absolute Gasteiger partial charge is 0.150 e. The molecule has 3 rings (SSSR count). The van der Waals surface area contributed by atoms with Crippen molar-refractivity contribution in [1.29, 1.82) is 0 Å². The minimum atomic E-state index is 0.280. The van der Waals surface area contributed by atoms with E-state index in [2.05, 4.69) is 25.1 Å². The minimum Gasteiger partial charge on any atom is -0.396 e. The van der Waals surface area contributed by atoms with Crippen LogP contribution >= 0.6 is 11.3 Å². The van der Waals surface area contributed by atoms with Gasteiger partial charge in [0.15, 0.2) is 0 Å². The van der Waals surface area contributed by atoms with Gasteiger partial charge in [-0.3, -0.25) is 4.90 Å². The lowest BCUT2D eigenvalue weighted by Gasteiger charge is -2.35. The summed E-state index contributed by atoms with van der Waals surface area (Å²) in [5, 5.41) is 10.9. The van der Waals surface area contributed by atoms with Crippen molar-refractivity contribution >= 4 is 27.4 Å². The fraction of sp³-hybridized carbons (Fsp3) is 0.538. The molecule has 102 valence electrons. The van der Waals surface area contributed by atoms with E-state index in [1.54, 1.807) is 17.7 Å². The molecular weight excluding hydrogens is 260 g/mol. The number of aromatic nitrogens is 2. The van der Waals surface area contributed by atoms with Crippen molar-refractivity contribution in [2.45, 2.75) is 6.42 Å². The van der Waals surface area contributed by atoms with Gasteiger partial charge in [0.2, 0.25) is 0 Å². The first-order chi connectivity index (χ1) is 9.38. The molecule has 6 heteroatoms. The largest absolute Gasteiger partial charge is 0.396 e. The summed E-state index contributed by atoms with van der Waals surface area (Å²) in [5.41, 5.74) is 1.04. The average molecular weight is 278 g/mol. The molecule has 0 unspecified atom stereocenters. The Balaban J connectivity index is 1.69. The number of hydrogen-bond acceptors (Lipinski definition) is 6. The number of aliphatic hydroxyl groups is 1. The van der Waals surface area contributed by atoms with Crippen LogP contribution in [0.25, 0.3) is 10.2 Å². The monoisotopic (exact) mass is 278 g/mol. The van der Waals surface area contributed by atoms with E-state index >= 15 is 0 Å². The van der Waals surface area contributed by atoms with Gasteiger partial charge in [-0.25, -0.2) is 9.97 Å². The molecule has 1 fully saturated rings. The molecule has 1 aliphatic heterocycles. The first-order valence-corrected chi connectivity index (χ1v) is 7.53. The van der Waals surface area contributed by atoms with Gasteiger partial charge in [0.1, 0.15) is 12.1 Å². The molecule has 19 heavy (non-hydrogen) atoms. The molecule has 1 aliphatic rings. The van der Waals surface area contributed by atoms with E-state index in [0.29, 0.717) is 0 Å². The first-order valence-electron chi connectivity index (χ1n) is 6.65. The lowest BCUT2D eigenvalue weighted by molar-refractivity contribution is 0.216. The molecule has 0 aromatic carbocycles. The van der Waals surface area contributed by atoms with Crippen LogP contribution in [0.4, 0.5) is 5.82 Å². The highest BCUT2D eigenvalue weighted by atomic mass is 32.1. The zero-order chi connectivity index (χ0) is 13.1. The Kier molecular flexibility index (Phi) is 3.91. The molecule has 0 amide bonds. The third kappa shape index (κ3) is 2.70. The van der Waals surface area contributed by atoms with Gasteiger partial charge in [0.25, 0.3) is 0 Å². The van der Waals surface area contributed by atoms with E-state index in [4.69, 9.17) is 5.11 Å². The topological polar surface area (TPSA) is 52.5 Å². The predicted octanol–water partition coefficient (Wildman–Crippen LogP) is 1.20. The van der Waals surface area contributed by atoms with Gasteiger partial charge in [-0.1, -0.05) is 0 Å². The van der Waals surface area contributed by atoms with Crippen LogP contribution in [0.1, 0.15) is 6.42 Å². The summed E-state index contributed by atoms with van der Waals surface area (Å²) in [6.45, 7) is 5.34. The number of hydrogen-bond donors (Lipinski definition) is 1. The summed E-state index contributed by atoms with van der Waals surface area (Å²) in [7, 11) is 0. The highest BCUT2D eigenvalue weighted by molar-refractivity contribution is 7.17. The molecule has 5 nitrogen and oxygen atoms in total. The van der Waals surface area contributed by atoms with Crippen molar-refractivity contribution in [3.05, 3.63) is 17.8 Å². The van der Waals surface area contributed by atoms with E-state index in [1.807, 2.05) is 6.07 Å². The SMILES string of the molecule is OCCCN1CCN(c2ncnc3ccsc23)CC1. The second kappa shape index (κ2) is 5.81. The molecular formula is C13H18N4OS. The Labute approximate surface area is 116 Å². The van der Waals surface area contributed by atoms with Crippen molar-refractivity contribution < 1.29 is 5.11 Å². The summed E-state index contributed by atoms with van der Waals surface area (Å²) in [6.07, 6.45) is 2.52. The van der Waals surface area contributed by atoms with E-state index in [1.165, 1.54) is 4.70 Å². The number of fused-ring (bicyclic) bond motifs is 1. The Morgan fingerprint density at radius 3 is 2.84 bits per heavy atom. The van der Waals surface area contributed by atoms with Crippen LogP contribution in [0.15, 0.2) is 17.8 Å². The number of nitrogens with zero attached hydrogens (tertiary/aromatic N) is 4. The van der Waals surface area contributed by atoms with Crippen LogP contribution < -0.4 is 4.90 Å². The Bertz CT molecular complexity index is 536. The summed E-state index contributed by atoms with van der Waals surface area (Å²) < 4.78 is 1.19. The van der Waals surface area contributed by atoms with Gasteiger partial charge >= 0.3 is 0 Å². The third-order valence-corrected chi connectivity index (χ3v) is 4.43. The zero-order valence-electron chi connectivity index (χ0n) is 10.8. The standard InChI is InChI=1S/C13H18N4OS/c18-8-1-3-16-4-6-17(7-5-16)13-12-11(2-9-19-12)14-10-15-13/h2,9-10,18H,1,3-8H2. The van der Waals surface area contributed by atoms with Crippen LogP contribution in [-0.4, -0.2) is 59.3 Å². The Hall–Kier alpha value is -1.24. The maximum Gasteiger partial charge on any atom is 0.150 e. The van der Waals surface area contributed by atoms with Crippen molar-refractivity contribution in [2.24, 2.45) is 0 Å². The summed E-state index contributed by atoms with van der Waals surface area (Å²) in [4.78, 5) is 13.5. The molecule has 2 aromatic rings. The lowest BCUT2D eigenvalue weighted by Crippen LogP contribution is -2.47. The molecule has 1 N–H and O–H groups in total. The van der Waals surface area contributed by atoms with Crippen molar-refractivity contribution in [2.75, 3.05) is 44.2 Å². The van der Waals surface area contributed by atoms with Gasteiger partial charge in [-0.05, 0) is 17.9 Å². The molecule has 0 radical (unpaired) electrons. The van der Waals surface area contributed by atoms with Gasteiger partial charge in [0, 0.05) is 39.3 Å². The van der Waals surface area contributed by atoms with Crippen molar-refractivity contribution in [1.82, 2.24) is 14.9 Å². The zero-order valence-corrected chi connectivity index (χ0v) is 11.6. The maximum absolute atomic E-state index is 8.87. The molecule has 3 heterocycles. The van der Waals surface area contributed by atoms with Gasteiger partial charge in [-0.2, -0.15) is 0 Å². The first kappa shape index (κ1) is 12.8. The molecule has 0 bridgehead atoms. The third-order valence-electron chi connectivity index (χ3n) is 3.53. The molecule has 0 saturated carbocycles. The second-order valence-corrected chi connectivity index (χ2v) is 5.65. The predicted molar refractivity (Wildman–Crippen MR) is 77.8 cm³/mol. The number of aliphatic hydroxyl groups excluding tert-OH is 1. The van der Waals surface area contributed by atoms with Gasteiger partial charge in [-0.15, -0.1) is 11.3 Å². The Morgan fingerprint density at radius 1 is 1.21 bits per heavy atom. The van der Waals surface area contributed by atoms with Gasteiger partial charge in [0.05, 0.1) is 10.2 Å². The average Bonchev–Trinajstić information content (AvgIpc) is 2.94. The summed E-state index contributed by atoms with van der Waals surface area (Å²) >= 11 is 1.71. The fourth-order valence-electron chi connectivity index (χ4n) is 2.48. The van der Waals surface area contributed by atoms with E-state index in [9.17, 15) is 0 Å². The van der Waals surface area contributed by atoms with Crippen LogP contribution in [-0.2, 0) is 0 Å². The molecule has 0 aliphatic carbocycles. The number of rotatable bonds is 4. The highest BCUT2D eigenvalue weighted by Crippen LogP contribution is 2.28. The fourth-order valence-corrected chi connectivity index (χ4v) is 3.34.